The third-order valence-electron chi connectivity index (χ3n) is 3.07. The second kappa shape index (κ2) is 6.75. The van der Waals surface area contributed by atoms with E-state index in [0.29, 0.717) is 5.69 Å². The van der Waals surface area contributed by atoms with E-state index in [-0.39, 0.29) is 11.9 Å². The molecular weight excluding hydrogens is 260 g/mol. The zero-order chi connectivity index (χ0) is 13.7. The topological polar surface area (TPSA) is 58.1 Å². The number of nitrogens with one attached hydrogen (secondary N) is 1. The van der Waals surface area contributed by atoms with E-state index in [1.54, 1.807) is 6.07 Å². The van der Waals surface area contributed by atoms with Gasteiger partial charge in [-0.3, -0.25) is 4.79 Å². The summed E-state index contributed by atoms with van der Waals surface area (Å²) in [6.45, 7) is 5.83. The Morgan fingerprint density at radius 3 is 3.00 bits per heavy atom. The summed E-state index contributed by atoms with van der Waals surface area (Å²) in [6.07, 6.45) is 1.03. The Balaban J connectivity index is 2.02. The van der Waals surface area contributed by atoms with Crippen molar-refractivity contribution in [2.45, 2.75) is 26.3 Å². The predicted molar refractivity (Wildman–Crippen MR) is 78.6 cm³/mol. The second-order valence-corrected chi connectivity index (χ2v) is 5.80. The number of hydrogen-bond donors (Lipinski definition) is 1. The van der Waals surface area contributed by atoms with E-state index in [4.69, 9.17) is 0 Å². The average Bonchev–Trinajstić information content (AvgIpc) is 2.45. The fraction of sp³-hybridized carbons (Fsp3) is 0.615. The van der Waals surface area contributed by atoms with Gasteiger partial charge in [0, 0.05) is 30.6 Å². The lowest BCUT2D eigenvalue weighted by Gasteiger charge is -2.32. The Labute approximate surface area is 118 Å². The highest BCUT2D eigenvalue weighted by atomic mass is 32.2. The van der Waals surface area contributed by atoms with Crippen LogP contribution in [0.4, 0.5) is 5.82 Å². The summed E-state index contributed by atoms with van der Waals surface area (Å²) in [4.78, 5) is 14.2. The molecule has 0 saturated carbocycles. The van der Waals surface area contributed by atoms with E-state index in [9.17, 15) is 4.79 Å². The van der Waals surface area contributed by atoms with Crippen molar-refractivity contribution in [2.75, 3.05) is 29.9 Å². The van der Waals surface area contributed by atoms with Gasteiger partial charge in [0.15, 0.2) is 5.69 Å². The molecule has 1 saturated heterocycles. The molecule has 1 aromatic rings. The summed E-state index contributed by atoms with van der Waals surface area (Å²) in [5, 5.41) is 11.2. The standard InChI is InChI=1S/C13H20N4OS/c1-3-6-14-12-5-4-11(15-16-12)13(18)17-7-8-19-9-10(17)2/h4-5,10H,3,6-9H2,1-2H3,(H,14,16). The predicted octanol–water partition coefficient (Wildman–Crippen LogP) is 1.88. The van der Waals surface area contributed by atoms with E-state index >= 15 is 0 Å². The number of carbonyl (C=O) groups is 1. The molecule has 19 heavy (non-hydrogen) atoms. The van der Waals surface area contributed by atoms with E-state index in [1.165, 1.54) is 0 Å². The first-order valence-corrected chi connectivity index (χ1v) is 7.84. The molecule has 2 rings (SSSR count). The first-order chi connectivity index (χ1) is 9.22. The van der Waals surface area contributed by atoms with Gasteiger partial charge in [0.2, 0.25) is 0 Å². The molecule has 0 aliphatic carbocycles. The first-order valence-electron chi connectivity index (χ1n) is 6.68. The molecule has 1 fully saturated rings. The SMILES string of the molecule is CCCNc1ccc(C(=O)N2CCSCC2C)nn1. The molecule has 1 unspecified atom stereocenters. The van der Waals surface area contributed by atoms with Crippen LogP contribution in [0.25, 0.3) is 0 Å². The molecule has 0 radical (unpaired) electrons. The lowest BCUT2D eigenvalue weighted by Crippen LogP contribution is -2.44. The molecular formula is C13H20N4OS. The molecule has 0 spiro atoms. The number of nitrogens with zero attached hydrogens (tertiary/aromatic N) is 3. The lowest BCUT2D eigenvalue weighted by molar-refractivity contribution is 0.0709. The molecule has 1 aromatic heterocycles. The molecule has 6 heteroatoms. The van der Waals surface area contributed by atoms with Crippen LogP contribution in [0.15, 0.2) is 12.1 Å². The van der Waals surface area contributed by atoms with Gasteiger partial charge in [0.05, 0.1) is 0 Å². The number of carbonyl (C=O) groups excluding carboxylic acids is 1. The molecule has 0 aromatic carbocycles. The smallest absolute Gasteiger partial charge is 0.274 e. The summed E-state index contributed by atoms with van der Waals surface area (Å²) in [6, 6.07) is 3.84. The van der Waals surface area contributed by atoms with Crippen LogP contribution in [0, 0.1) is 0 Å². The van der Waals surface area contributed by atoms with Crippen LogP contribution in [-0.4, -0.2) is 51.6 Å². The molecule has 104 valence electrons. The molecule has 1 aliphatic rings. The highest BCUT2D eigenvalue weighted by Crippen LogP contribution is 2.18. The summed E-state index contributed by atoms with van der Waals surface area (Å²) in [5.41, 5.74) is 0.431. The van der Waals surface area contributed by atoms with Gasteiger partial charge in [-0.15, -0.1) is 10.2 Å². The van der Waals surface area contributed by atoms with Gasteiger partial charge in [-0.2, -0.15) is 11.8 Å². The Kier molecular flexibility index (Phi) is 5.01. The van der Waals surface area contributed by atoms with Gasteiger partial charge in [0.1, 0.15) is 5.82 Å². The number of amides is 1. The zero-order valence-electron chi connectivity index (χ0n) is 11.4. The summed E-state index contributed by atoms with van der Waals surface area (Å²) < 4.78 is 0. The average molecular weight is 280 g/mol. The minimum Gasteiger partial charge on any atom is -0.369 e. The van der Waals surface area contributed by atoms with E-state index in [1.807, 2.05) is 22.7 Å². The van der Waals surface area contributed by atoms with Gasteiger partial charge in [0.25, 0.3) is 5.91 Å². The van der Waals surface area contributed by atoms with Gasteiger partial charge >= 0.3 is 0 Å². The fourth-order valence-electron chi connectivity index (χ4n) is 1.97. The number of aromatic nitrogens is 2. The van der Waals surface area contributed by atoms with Crippen LogP contribution < -0.4 is 5.32 Å². The minimum absolute atomic E-state index is 0.0117. The molecule has 2 heterocycles. The number of thioether (sulfide) groups is 1. The van der Waals surface area contributed by atoms with Crippen LogP contribution in [0.1, 0.15) is 30.8 Å². The number of hydrogen-bond acceptors (Lipinski definition) is 5. The molecule has 5 nitrogen and oxygen atoms in total. The summed E-state index contributed by atoms with van der Waals surface area (Å²) in [5.74, 6) is 2.71. The number of rotatable bonds is 4. The van der Waals surface area contributed by atoms with E-state index in [2.05, 4.69) is 29.4 Å². The molecule has 0 bridgehead atoms. The quantitative estimate of drug-likeness (QED) is 0.912. The zero-order valence-corrected chi connectivity index (χ0v) is 12.2. The van der Waals surface area contributed by atoms with Crippen molar-refractivity contribution in [1.82, 2.24) is 15.1 Å². The van der Waals surface area contributed by atoms with Crippen molar-refractivity contribution in [1.29, 1.82) is 0 Å². The summed E-state index contributed by atoms with van der Waals surface area (Å²) in [7, 11) is 0. The third kappa shape index (κ3) is 3.59. The highest BCUT2D eigenvalue weighted by Gasteiger charge is 2.25. The maximum Gasteiger partial charge on any atom is 0.274 e. The second-order valence-electron chi connectivity index (χ2n) is 4.65. The van der Waals surface area contributed by atoms with Crippen LogP contribution >= 0.6 is 11.8 Å². The Bertz CT molecular complexity index is 423. The summed E-state index contributed by atoms with van der Waals surface area (Å²) >= 11 is 1.89. The van der Waals surface area contributed by atoms with Crippen LogP contribution in [0.5, 0.6) is 0 Å². The van der Waals surface area contributed by atoms with Crippen LogP contribution in [-0.2, 0) is 0 Å². The maximum atomic E-state index is 12.3. The van der Waals surface area contributed by atoms with Crippen LogP contribution in [0.3, 0.4) is 0 Å². The Hall–Kier alpha value is -1.30. The highest BCUT2D eigenvalue weighted by molar-refractivity contribution is 7.99. The van der Waals surface area contributed by atoms with Crippen molar-refractivity contribution < 1.29 is 4.79 Å². The van der Waals surface area contributed by atoms with Gasteiger partial charge in [-0.1, -0.05) is 6.92 Å². The Morgan fingerprint density at radius 2 is 2.37 bits per heavy atom. The first kappa shape index (κ1) is 14.1. The molecule has 1 amide bonds. The van der Waals surface area contributed by atoms with Crippen molar-refractivity contribution in [3.8, 4) is 0 Å². The van der Waals surface area contributed by atoms with Crippen molar-refractivity contribution in [2.24, 2.45) is 0 Å². The van der Waals surface area contributed by atoms with Crippen LogP contribution in [0.2, 0.25) is 0 Å². The largest absolute Gasteiger partial charge is 0.369 e. The third-order valence-corrected chi connectivity index (χ3v) is 4.26. The van der Waals surface area contributed by atoms with Gasteiger partial charge in [-0.25, -0.2) is 0 Å². The molecule has 1 N–H and O–H groups in total. The van der Waals surface area contributed by atoms with Crippen molar-refractivity contribution in [3.63, 3.8) is 0 Å². The normalized spacial score (nSPS) is 19.3. The van der Waals surface area contributed by atoms with Gasteiger partial charge < -0.3 is 10.2 Å². The van der Waals surface area contributed by atoms with Crippen molar-refractivity contribution in [3.05, 3.63) is 17.8 Å². The molecule has 1 aliphatic heterocycles. The fourth-order valence-corrected chi connectivity index (χ4v) is 2.98. The monoisotopic (exact) mass is 280 g/mol. The Morgan fingerprint density at radius 1 is 1.53 bits per heavy atom. The maximum absolute atomic E-state index is 12.3. The lowest BCUT2D eigenvalue weighted by atomic mass is 10.2. The number of anilines is 1. The molecule has 1 atom stereocenters. The van der Waals surface area contributed by atoms with E-state index < -0.39 is 0 Å². The van der Waals surface area contributed by atoms with E-state index in [0.717, 1.165) is 36.8 Å². The van der Waals surface area contributed by atoms with Crippen molar-refractivity contribution >= 4 is 23.5 Å². The minimum atomic E-state index is -0.0117. The van der Waals surface area contributed by atoms with Gasteiger partial charge in [-0.05, 0) is 25.5 Å².